The van der Waals surface area contributed by atoms with Crippen molar-refractivity contribution >= 4 is 46.8 Å². The number of ether oxygens (including phenoxy) is 1. The highest BCUT2D eigenvalue weighted by atomic mass is 35.5. The number of amides is 2. The topological polar surface area (TPSA) is 143 Å². The molecule has 0 spiro atoms. The quantitative estimate of drug-likeness (QED) is 0.374. The average Bonchev–Trinajstić information content (AvgIpc) is 2.95. The minimum Gasteiger partial charge on any atom is -0.464 e. The van der Waals surface area contributed by atoms with Gasteiger partial charge in [0.25, 0.3) is 0 Å². The van der Waals surface area contributed by atoms with Crippen LogP contribution in [0.3, 0.4) is 0 Å². The summed E-state index contributed by atoms with van der Waals surface area (Å²) in [5.74, 6) is -0.139. The molecule has 0 bridgehead atoms. The van der Waals surface area contributed by atoms with Gasteiger partial charge in [-0.25, -0.2) is 19.6 Å². The first kappa shape index (κ1) is 30.1. The SMILES string of the molecule is CC[C@H]1CN(c2nc(N)c(C(=O)OC)nc2Cl)CCN1C1CCN(Cc2ccc(Cl)cc2CCNC(N)=O)CC1. The lowest BCUT2D eigenvalue weighted by molar-refractivity contribution is 0.0593. The van der Waals surface area contributed by atoms with Crippen molar-refractivity contribution in [1.82, 2.24) is 25.1 Å². The number of primary amides is 1. The van der Waals surface area contributed by atoms with Crippen LogP contribution < -0.4 is 21.7 Å². The molecule has 11 nitrogen and oxygen atoms in total. The molecule has 40 heavy (non-hydrogen) atoms. The number of piperidine rings is 1. The number of carbonyl (C=O) groups excluding carboxylic acids is 2. The van der Waals surface area contributed by atoms with E-state index in [9.17, 15) is 9.59 Å². The van der Waals surface area contributed by atoms with Crippen molar-refractivity contribution in [2.24, 2.45) is 5.73 Å². The van der Waals surface area contributed by atoms with Crippen molar-refractivity contribution in [2.75, 3.05) is 57.0 Å². The predicted molar refractivity (Wildman–Crippen MR) is 157 cm³/mol. The second-order valence-corrected chi connectivity index (χ2v) is 11.1. The van der Waals surface area contributed by atoms with E-state index >= 15 is 0 Å². The number of benzene rings is 1. The summed E-state index contributed by atoms with van der Waals surface area (Å²) in [6.45, 7) is 7.93. The number of carbonyl (C=O) groups is 2. The summed E-state index contributed by atoms with van der Waals surface area (Å²) in [5.41, 5.74) is 13.5. The number of nitrogen functional groups attached to an aromatic ring is 1. The second-order valence-electron chi connectivity index (χ2n) is 10.3. The maximum absolute atomic E-state index is 11.9. The molecule has 0 unspecified atom stereocenters. The molecule has 2 aromatic rings. The van der Waals surface area contributed by atoms with Crippen LogP contribution in [0.15, 0.2) is 18.2 Å². The van der Waals surface area contributed by atoms with Gasteiger partial charge in [-0.1, -0.05) is 36.2 Å². The van der Waals surface area contributed by atoms with Crippen LogP contribution in [-0.4, -0.2) is 90.2 Å². The molecule has 1 atom stereocenters. The Labute approximate surface area is 245 Å². The number of piperazine rings is 1. The van der Waals surface area contributed by atoms with E-state index in [0.29, 0.717) is 35.9 Å². The molecule has 1 aromatic heterocycles. The van der Waals surface area contributed by atoms with Crippen LogP contribution in [0.5, 0.6) is 0 Å². The van der Waals surface area contributed by atoms with E-state index in [2.05, 4.69) is 43.0 Å². The standard InChI is InChI=1S/C27H38Cl2N8O3/c1-3-20-16-36(25-23(29)33-22(24(30)34-25)26(38)40-2)12-13-37(20)21-7-10-35(11-8-21)15-18-4-5-19(28)14-17(18)6-9-32-27(31)39/h4-5,14,20-21H,3,6-13,15-16H2,1-2H3,(H2,30,34)(H3,31,32,39)/t20-/m0/s1. The maximum atomic E-state index is 11.9. The Morgan fingerprint density at radius 2 is 1.88 bits per heavy atom. The number of hydrogen-bond acceptors (Lipinski definition) is 9. The number of nitrogens with one attached hydrogen (secondary N) is 1. The lowest BCUT2D eigenvalue weighted by Gasteiger charge is -2.47. The summed E-state index contributed by atoms with van der Waals surface area (Å²) in [4.78, 5) is 38.8. The van der Waals surface area contributed by atoms with Gasteiger partial charge in [0.15, 0.2) is 22.5 Å². The Morgan fingerprint density at radius 1 is 1.12 bits per heavy atom. The molecule has 0 radical (unpaired) electrons. The normalized spacial score (nSPS) is 19.0. The first-order valence-corrected chi connectivity index (χ1v) is 14.4. The van der Waals surface area contributed by atoms with E-state index < -0.39 is 12.0 Å². The maximum Gasteiger partial charge on any atom is 0.360 e. The number of halogens is 2. The van der Waals surface area contributed by atoms with Gasteiger partial charge in [-0.3, -0.25) is 9.80 Å². The molecule has 2 fully saturated rings. The van der Waals surface area contributed by atoms with Gasteiger partial charge < -0.3 is 26.4 Å². The third-order valence-corrected chi connectivity index (χ3v) is 8.31. The Kier molecular flexibility index (Phi) is 10.3. The van der Waals surface area contributed by atoms with Gasteiger partial charge >= 0.3 is 12.0 Å². The predicted octanol–water partition coefficient (Wildman–Crippen LogP) is 2.93. The number of aromatic nitrogens is 2. The van der Waals surface area contributed by atoms with Gasteiger partial charge in [0.1, 0.15) is 0 Å². The summed E-state index contributed by atoms with van der Waals surface area (Å²) < 4.78 is 4.72. The van der Waals surface area contributed by atoms with Crippen LogP contribution >= 0.6 is 23.2 Å². The molecule has 0 saturated carbocycles. The number of rotatable bonds is 9. The Bertz CT molecular complexity index is 1210. The first-order valence-electron chi connectivity index (χ1n) is 13.6. The first-order chi connectivity index (χ1) is 19.2. The lowest BCUT2D eigenvalue weighted by atomic mass is 9.97. The van der Waals surface area contributed by atoms with Crippen LogP contribution in [0.4, 0.5) is 16.4 Å². The van der Waals surface area contributed by atoms with Crippen LogP contribution in [0, 0.1) is 0 Å². The van der Waals surface area contributed by atoms with E-state index in [1.54, 1.807) is 0 Å². The minimum absolute atomic E-state index is 0.0158. The highest BCUT2D eigenvalue weighted by Crippen LogP contribution is 2.30. The van der Waals surface area contributed by atoms with E-state index in [0.717, 1.165) is 64.1 Å². The van der Waals surface area contributed by atoms with Gasteiger partial charge in [-0.15, -0.1) is 0 Å². The zero-order valence-electron chi connectivity index (χ0n) is 23.0. The number of anilines is 2. The number of nitrogens with zero attached hydrogens (tertiary/aromatic N) is 5. The van der Waals surface area contributed by atoms with Gasteiger partial charge in [0.2, 0.25) is 0 Å². The summed E-state index contributed by atoms with van der Waals surface area (Å²) in [6.07, 6.45) is 3.85. The lowest BCUT2D eigenvalue weighted by Crippen LogP contribution is -2.58. The van der Waals surface area contributed by atoms with Crippen molar-refractivity contribution in [3.05, 3.63) is 45.2 Å². The zero-order valence-corrected chi connectivity index (χ0v) is 24.5. The molecular weight excluding hydrogens is 555 g/mol. The van der Waals surface area contributed by atoms with Crippen LogP contribution in [-0.2, 0) is 17.7 Å². The molecule has 218 valence electrons. The number of esters is 1. The van der Waals surface area contributed by atoms with Gasteiger partial charge in [-0.05, 0) is 62.0 Å². The molecule has 13 heteroatoms. The van der Waals surface area contributed by atoms with E-state index in [4.69, 9.17) is 39.4 Å². The van der Waals surface area contributed by atoms with Crippen LogP contribution in [0.25, 0.3) is 0 Å². The summed E-state index contributed by atoms with van der Waals surface area (Å²) in [6, 6.07) is 6.30. The summed E-state index contributed by atoms with van der Waals surface area (Å²) in [7, 11) is 1.27. The van der Waals surface area contributed by atoms with Crippen molar-refractivity contribution in [2.45, 2.75) is 51.2 Å². The van der Waals surface area contributed by atoms with Crippen molar-refractivity contribution < 1.29 is 14.3 Å². The fourth-order valence-electron chi connectivity index (χ4n) is 5.72. The number of likely N-dealkylation sites (tertiary alicyclic amines) is 1. The summed E-state index contributed by atoms with van der Waals surface area (Å²) in [5, 5.41) is 3.50. The number of urea groups is 1. The second kappa shape index (κ2) is 13.7. The Hall–Kier alpha value is -2.86. The molecule has 0 aliphatic carbocycles. The van der Waals surface area contributed by atoms with Crippen molar-refractivity contribution in [3.63, 3.8) is 0 Å². The monoisotopic (exact) mass is 592 g/mol. The summed E-state index contributed by atoms with van der Waals surface area (Å²) >= 11 is 12.7. The van der Waals surface area contributed by atoms with Gasteiger partial charge in [0, 0.05) is 49.8 Å². The molecule has 2 aliphatic rings. The van der Waals surface area contributed by atoms with E-state index in [1.807, 2.05) is 12.1 Å². The highest BCUT2D eigenvalue weighted by Gasteiger charge is 2.34. The third kappa shape index (κ3) is 7.25. The molecule has 2 aliphatic heterocycles. The zero-order chi connectivity index (χ0) is 28.8. The third-order valence-electron chi connectivity index (χ3n) is 7.82. The number of hydrogen-bond donors (Lipinski definition) is 3. The van der Waals surface area contributed by atoms with E-state index in [1.165, 1.54) is 12.7 Å². The molecule has 2 saturated heterocycles. The average molecular weight is 594 g/mol. The smallest absolute Gasteiger partial charge is 0.360 e. The van der Waals surface area contributed by atoms with Crippen LogP contribution in [0.1, 0.15) is 47.8 Å². The Balaban J connectivity index is 1.35. The largest absolute Gasteiger partial charge is 0.464 e. The van der Waals surface area contributed by atoms with Crippen LogP contribution in [0.2, 0.25) is 10.2 Å². The minimum atomic E-state index is -0.659. The number of methoxy groups -OCH3 is 1. The molecule has 5 N–H and O–H groups in total. The molecule has 3 heterocycles. The molecule has 1 aromatic carbocycles. The van der Waals surface area contributed by atoms with Gasteiger partial charge in [0.05, 0.1) is 7.11 Å². The van der Waals surface area contributed by atoms with Crippen molar-refractivity contribution in [1.29, 1.82) is 0 Å². The Morgan fingerprint density at radius 3 is 2.55 bits per heavy atom. The van der Waals surface area contributed by atoms with E-state index in [-0.39, 0.29) is 16.7 Å². The fourth-order valence-corrected chi connectivity index (χ4v) is 6.17. The fraction of sp³-hybridized carbons (Fsp3) is 0.556. The molecule has 2 amide bonds. The highest BCUT2D eigenvalue weighted by molar-refractivity contribution is 6.32. The molecular formula is C27H38Cl2N8O3. The van der Waals surface area contributed by atoms with Gasteiger partial charge in [-0.2, -0.15) is 0 Å². The number of nitrogens with two attached hydrogens (primary N) is 2. The van der Waals surface area contributed by atoms with Crippen molar-refractivity contribution in [3.8, 4) is 0 Å². The molecule has 4 rings (SSSR count).